The lowest BCUT2D eigenvalue weighted by Crippen LogP contribution is -2.39. The minimum Gasteiger partial charge on any atom is -0.344 e. The van der Waals surface area contributed by atoms with Gasteiger partial charge >= 0.3 is 6.03 Å². The smallest absolute Gasteiger partial charge is 0.322 e. The lowest BCUT2D eigenvalue weighted by Gasteiger charge is -2.28. The number of hydrogen-bond acceptors (Lipinski definition) is 1. The Morgan fingerprint density at radius 1 is 1.11 bits per heavy atom. The first-order valence-corrected chi connectivity index (χ1v) is 9.60. The number of nitrogens with one attached hydrogen (secondary N) is 1. The monoisotopic (exact) mass is 363 g/mol. The van der Waals surface area contributed by atoms with Crippen LogP contribution in [0.5, 0.6) is 0 Å². The molecule has 0 unspecified atom stereocenters. The summed E-state index contributed by atoms with van der Waals surface area (Å²) in [6, 6.07) is 14.5. The SMILES string of the molecule is O=C(Nc1ccccc1F)N1CCc2c(c3ccccc3n2CC2CC2)C1. The number of hydrogen-bond donors (Lipinski definition) is 1. The third kappa shape index (κ3) is 2.97. The maximum Gasteiger partial charge on any atom is 0.322 e. The Hall–Kier alpha value is -2.82. The molecule has 0 spiro atoms. The molecule has 1 fully saturated rings. The molecule has 0 radical (unpaired) electrons. The van der Waals surface area contributed by atoms with Crippen LogP contribution >= 0.6 is 0 Å². The quantitative estimate of drug-likeness (QED) is 0.714. The Morgan fingerprint density at radius 2 is 1.89 bits per heavy atom. The van der Waals surface area contributed by atoms with Gasteiger partial charge in [0.1, 0.15) is 5.82 Å². The molecule has 27 heavy (non-hydrogen) atoms. The average Bonchev–Trinajstić information content (AvgIpc) is 3.46. The fraction of sp³-hybridized carbons (Fsp3) is 0.318. The summed E-state index contributed by atoms with van der Waals surface area (Å²) in [5.74, 6) is 0.386. The number of nitrogens with zero attached hydrogens (tertiary/aromatic N) is 2. The first-order chi connectivity index (χ1) is 13.2. The highest BCUT2D eigenvalue weighted by Gasteiger charge is 2.29. The third-order valence-electron chi connectivity index (χ3n) is 5.70. The van der Waals surface area contributed by atoms with E-state index in [0.717, 1.165) is 18.9 Å². The summed E-state index contributed by atoms with van der Waals surface area (Å²) >= 11 is 0. The first-order valence-electron chi connectivity index (χ1n) is 9.60. The van der Waals surface area contributed by atoms with Gasteiger partial charge in [-0.2, -0.15) is 0 Å². The maximum absolute atomic E-state index is 13.9. The van der Waals surface area contributed by atoms with Crippen LogP contribution in [-0.2, 0) is 19.5 Å². The number of anilines is 1. The van der Waals surface area contributed by atoms with E-state index in [1.54, 1.807) is 23.1 Å². The molecule has 2 aliphatic rings. The van der Waals surface area contributed by atoms with Crippen molar-refractivity contribution in [1.29, 1.82) is 0 Å². The van der Waals surface area contributed by atoms with Crippen molar-refractivity contribution < 1.29 is 9.18 Å². The minimum atomic E-state index is -0.412. The molecular formula is C22H22FN3O. The summed E-state index contributed by atoms with van der Waals surface area (Å²) in [7, 11) is 0. The van der Waals surface area contributed by atoms with Gasteiger partial charge in [-0.3, -0.25) is 0 Å². The maximum atomic E-state index is 13.9. The third-order valence-corrected chi connectivity index (χ3v) is 5.70. The standard InChI is InChI=1S/C22H22FN3O/c23-18-6-2-3-7-19(18)24-22(27)25-12-11-21-17(14-25)16-5-1-4-8-20(16)26(21)13-15-9-10-15/h1-8,15H,9-14H2,(H,24,27). The number of fused-ring (bicyclic) bond motifs is 3. The summed E-state index contributed by atoms with van der Waals surface area (Å²) in [6.07, 6.45) is 3.47. The van der Waals surface area contributed by atoms with Gasteiger partial charge in [0.2, 0.25) is 0 Å². The van der Waals surface area contributed by atoms with Crippen molar-refractivity contribution in [3.8, 4) is 0 Å². The average molecular weight is 363 g/mol. The minimum absolute atomic E-state index is 0.226. The molecule has 1 aliphatic carbocycles. The van der Waals surface area contributed by atoms with Crippen LogP contribution in [0, 0.1) is 11.7 Å². The molecule has 1 aliphatic heterocycles. The number of aromatic nitrogens is 1. The van der Waals surface area contributed by atoms with E-state index in [2.05, 4.69) is 34.1 Å². The summed E-state index contributed by atoms with van der Waals surface area (Å²) in [4.78, 5) is 14.5. The van der Waals surface area contributed by atoms with Gasteiger partial charge in [0.05, 0.1) is 5.69 Å². The molecule has 5 rings (SSSR count). The number of halogens is 1. The van der Waals surface area contributed by atoms with Crippen LogP contribution in [0.1, 0.15) is 24.1 Å². The second-order valence-electron chi connectivity index (χ2n) is 7.58. The van der Waals surface area contributed by atoms with Gasteiger partial charge < -0.3 is 14.8 Å². The Balaban J connectivity index is 1.44. The van der Waals surface area contributed by atoms with Crippen LogP contribution < -0.4 is 5.32 Å². The van der Waals surface area contributed by atoms with Crippen LogP contribution in [0.25, 0.3) is 10.9 Å². The highest BCUT2D eigenvalue weighted by atomic mass is 19.1. The fourth-order valence-electron chi connectivity index (χ4n) is 4.10. The zero-order chi connectivity index (χ0) is 18.4. The van der Waals surface area contributed by atoms with E-state index in [1.165, 1.54) is 41.1 Å². The van der Waals surface area contributed by atoms with Gasteiger partial charge in [-0.05, 0) is 37.0 Å². The van der Waals surface area contributed by atoms with E-state index in [-0.39, 0.29) is 11.7 Å². The highest BCUT2D eigenvalue weighted by molar-refractivity contribution is 5.91. The number of urea groups is 1. The second kappa shape index (κ2) is 6.41. The molecule has 0 saturated heterocycles. The lowest BCUT2D eigenvalue weighted by atomic mass is 10.0. The summed E-state index contributed by atoms with van der Waals surface area (Å²) < 4.78 is 16.3. The van der Waals surface area contributed by atoms with Crippen molar-refractivity contribution >= 4 is 22.6 Å². The molecule has 1 aromatic heterocycles. The van der Waals surface area contributed by atoms with E-state index in [4.69, 9.17) is 0 Å². The molecule has 3 aromatic rings. The molecule has 138 valence electrons. The largest absolute Gasteiger partial charge is 0.344 e. The van der Waals surface area contributed by atoms with Gasteiger partial charge in [-0.1, -0.05) is 30.3 Å². The fourth-order valence-corrected chi connectivity index (χ4v) is 4.10. The van der Waals surface area contributed by atoms with Crippen molar-refractivity contribution in [3.05, 3.63) is 65.6 Å². The van der Waals surface area contributed by atoms with Crippen LogP contribution in [0.3, 0.4) is 0 Å². The van der Waals surface area contributed by atoms with E-state index in [1.807, 2.05) is 0 Å². The van der Waals surface area contributed by atoms with Gasteiger partial charge in [0, 0.05) is 48.2 Å². The molecule has 2 heterocycles. The van der Waals surface area contributed by atoms with Gasteiger partial charge in [-0.25, -0.2) is 9.18 Å². The van der Waals surface area contributed by atoms with Crippen LogP contribution in [-0.4, -0.2) is 22.0 Å². The Morgan fingerprint density at radius 3 is 2.70 bits per heavy atom. The summed E-state index contributed by atoms with van der Waals surface area (Å²) in [5, 5.41) is 3.95. The van der Waals surface area contributed by atoms with E-state index >= 15 is 0 Å². The Bertz CT molecular complexity index is 1020. The van der Waals surface area contributed by atoms with Crippen molar-refractivity contribution in [1.82, 2.24) is 9.47 Å². The summed E-state index contributed by atoms with van der Waals surface area (Å²) in [6.45, 7) is 2.29. The van der Waals surface area contributed by atoms with Crippen LogP contribution in [0.4, 0.5) is 14.9 Å². The zero-order valence-corrected chi connectivity index (χ0v) is 15.1. The molecule has 1 N–H and O–H groups in total. The van der Waals surface area contributed by atoms with Crippen LogP contribution in [0.15, 0.2) is 48.5 Å². The number of rotatable bonds is 3. The van der Waals surface area contributed by atoms with Crippen molar-refractivity contribution in [2.45, 2.75) is 32.4 Å². The molecular weight excluding hydrogens is 341 g/mol. The predicted molar refractivity (Wildman–Crippen MR) is 104 cm³/mol. The van der Waals surface area contributed by atoms with Gasteiger partial charge in [0.25, 0.3) is 0 Å². The van der Waals surface area contributed by atoms with E-state index in [0.29, 0.717) is 13.1 Å². The number of para-hydroxylation sites is 2. The zero-order valence-electron chi connectivity index (χ0n) is 15.1. The second-order valence-corrected chi connectivity index (χ2v) is 7.58. The topological polar surface area (TPSA) is 37.3 Å². The van der Waals surface area contributed by atoms with E-state index < -0.39 is 5.82 Å². The van der Waals surface area contributed by atoms with E-state index in [9.17, 15) is 9.18 Å². The molecule has 2 aromatic carbocycles. The number of benzene rings is 2. The van der Waals surface area contributed by atoms with Crippen molar-refractivity contribution in [2.24, 2.45) is 5.92 Å². The molecule has 4 nitrogen and oxygen atoms in total. The number of carbonyl (C=O) groups excluding carboxylic acids is 1. The number of carbonyl (C=O) groups is 1. The Kier molecular flexibility index (Phi) is 3.88. The Labute approximate surface area is 157 Å². The molecule has 5 heteroatoms. The first kappa shape index (κ1) is 16.4. The molecule has 2 amide bonds. The van der Waals surface area contributed by atoms with Gasteiger partial charge in [0.15, 0.2) is 0 Å². The molecule has 0 bridgehead atoms. The van der Waals surface area contributed by atoms with Crippen molar-refractivity contribution in [3.63, 3.8) is 0 Å². The predicted octanol–water partition coefficient (Wildman–Crippen LogP) is 4.78. The normalized spacial score (nSPS) is 16.4. The molecule has 1 saturated carbocycles. The molecule has 0 atom stereocenters. The van der Waals surface area contributed by atoms with Crippen molar-refractivity contribution in [2.75, 3.05) is 11.9 Å². The van der Waals surface area contributed by atoms with Gasteiger partial charge in [-0.15, -0.1) is 0 Å². The summed E-state index contributed by atoms with van der Waals surface area (Å²) in [5.41, 5.74) is 4.09. The number of amides is 2. The lowest BCUT2D eigenvalue weighted by molar-refractivity contribution is 0.206. The highest BCUT2D eigenvalue weighted by Crippen LogP contribution is 2.36. The van der Waals surface area contributed by atoms with Crippen LogP contribution in [0.2, 0.25) is 0 Å².